The molecule has 0 aliphatic heterocycles. The van der Waals surface area contributed by atoms with E-state index in [-0.39, 0.29) is 4.90 Å². The van der Waals surface area contributed by atoms with Crippen LogP contribution in [0, 0.1) is 12.7 Å². The van der Waals surface area contributed by atoms with E-state index in [2.05, 4.69) is 26.0 Å². The topological polar surface area (TPSA) is 75.3 Å². The SMILES string of the molecule is Cc1cc(NC(=O)CNS(=O)(=O)c2ccc(F)cc2)ccc1Br. The molecule has 0 aliphatic rings. The van der Waals surface area contributed by atoms with Gasteiger partial charge in [0.25, 0.3) is 0 Å². The van der Waals surface area contributed by atoms with E-state index in [0.29, 0.717) is 5.69 Å². The van der Waals surface area contributed by atoms with Crippen molar-refractivity contribution in [2.24, 2.45) is 0 Å². The Kier molecular flexibility index (Phi) is 5.51. The van der Waals surface area contributed by atoms with Crippen molar-refractivity contribution < 1.29 is 17.6 Å². The maximum atomic E-state index is 12.8. The van der Waals surface area contributed by atoms with E-state index in [1.54, 1.807) is 18.2 Å². The minimum atomic E-state index is -3.86. The summed E-state index contributed by atoms with van der Waals surface area (Å²) in [6.45, 7) is 1.45. The van der Waals surface area contributed by atoms with Gasteiger partial charge in [0.1, 0.15) is 5.82 Å². The molecule has 0 bridgehead atoms. The second-order valence-electron chi connectivity index (χ2n) is 4.79. The van der Waals surface area contributed by atoms with Crippen LogP contribution in [0.25, 0.3) is 0 Å². The fourth-order valence-electron chi connectivity index (χ4n) is 1.79. The largest absolute Gasteiger partial charge is 0.325 e. The Hall–Kier alpha value is -1.77. The molecule has 8 heteroatoms. The van der Waals surface area contributed by atoms with Crippen LogP contribution in [0.1, 0.15) is 5.56 Å². The second-order valence-corrected chi connectivity index (χ2v) is 7.41. The Morgan fingerprint density at radius 3 is 2.43 bits per heavy atom. The van der Waals surface area contributed by atoms with E-state index in [0.717, 1.165) is 34.3 Å². The summed E-state index contributed by atoms with van der Waals surface area (Å²) in [4.78, 5) is 11.7. The third-order valence-electron chi connectivity index (χ3n) is 2.99. The molecule has 2 aromatic rings. The molecule has 0 saturated carbocycles. The Morgan fingerprint density at radius 1 is 1.17 bits per heavy atom. The highest BCUT2D eigenvalue weighted by atomic mass is 79.9. The van der Waals surface area contributed by atoms with Gasteiger partial charge >= 0.3 is 0 Å². The van der Waals surface area contributed by atoms with Crippen molar-refractivity contribution in [3.63, 3.8) is 0 Å². The van der Waals surface area contributed by atoms with Crippen molar-refractivity contribution in [2.75, 3.05) is 11.9 Å². The number of carbonyl (C=O) groups is 1. The van der Waals surface area contributed by atoms with Crippen LogP contribution in [-0.4, -0.2) is 20.9 Å². The van der Waals surface area contributed by atoms with E-state index >= 15 is 0 Å². The zero-order valence-electron chi connectivity index (χ0n) is 12.1. The number of nitrogens with one attached hydrogen (secondary N) is 2. The number of benzene rings is 2. The fraction of sp³-hybridized carbons (Fsp3) is 0.133. The molecule has 122 valence electrons. The highest BCUT2D eigenvalue weighted by Gasteiger charge is 2.15. The molecular weight excluding hydrogens is 387 g/mol. The molecule has 0 spiro atoms. The molecule has 0 radical (unpaired) electrons. The smallest absolute Gasteiger partial charge is 0.241 e. The first-order valence-electron chi connectivity index (χ1n) is 6.59. The number of halogens is 2. The summed E-state index contributed by atoms with van der Waals surface area (Å²) in [6, 6.07) is 9.59. The van der Waals surface area contributed by atoms with Gasteiger partial charge in [0.05, 0.1) is 11.4 Å². The normalized spacial score (nSPS) is 11.3. The molecule has 5 nitrogen and oxygen atoms in total. The van der Waals surface area contributed by atoms with E-state index in [9.17, 15) is 17.6 Å². The van der Waals surface area contributed by atoms with Gasteiger partial charge in [0.15, 0.2) is 0 Å². The predicted octanol–water partition coefficient (Wildman–Crippen LogP) is 2.81. The number of amides is 1. The van der Waals surface area contributed by atoms with Crippen molar-refractivity contribution in [3.05, 3.63) is 58.3 Å². The third kappa shape index (κ3) is 4.85. The van der Waals surface area contributed by atoms with Crippen LogP contribution in [0.4, 0.5) is 10.1 Å². The van der Waals surface area contributed by atoms with Gasteiger partial charge in [0.2, 0.25) is 15.9 Å². The first kappa shape index (κ1) is 17.6. The van der Waals surface area contributed by atoms with Gasteiger partial charge in [-0.2, -0.15) is 0 Å². The minimum Gasteiger partial charge on any atom is -0.325 e. The summed E-state index contributed by atoms with van der Waals surface area (Å²) in [5, 5.41) is 2.60. The Labute approximate surface area is 142 Å². The van der Waals surface area contributed by atoms with Crippen LogP contribution >= 0.6 is 15.9 Å². The molecule has 0 fully saturated rings. The van der Waals surface area contributed by atoms with Gasteiger partial charge in [-0.05, 0) is 55.0 Å². The number of hydrogen-bond acceptors (Lipinski definition) is 3. The minimum absolute atomic E-state index is 0.105. The number of aryl methyl sites for hydroxylation is 1. The lowest BCUT2D eigenvalue weighted by Crippen LogP contribution is -2.32. The number of rotatable bonds is 5. The average Bonchev–Trinajstić information content (AvgIpc) is 2.50. The van der Waals surface area contributed by atoms with Gasteiger partial charge in [-0.1, -0.05) is 15.9 Å². The third-order valence-corrected chi connectivity index (χ3v) is 5.30. The Bertz CT molecular complexity index is 823. The van der Waals surface area contributed by atoms with Crippen LogP contribution in [0.3, 0.4) is 0 Å². The first-order valence-corrected chi connectivity index (χ1v) is 8.87. The van der Waals surface area contributed by atoms with Crippen LogP contribution in [0.15, 0.2) is 51.8 Å². The van der Waals surface area contributed by atoms with Gasteiger partial charge in [-0.3, -0.25) is 4.79 Å². The van der Waals surface area contributed by atoms with Crippen molar-refractivity contribution in [1.29, 1.82) is 0 Å². The van der Waals surface area contributed by atoms with Crippen LogP contribution in [0.5, 0.6) is 0 Å². The molecule has 2 rings (SSSR count). The van der Waals surface area contributed by atoms with Gasteiger partial charge in [0, 0.05) is 10.2 Å². The summed E-state index contributed by atoms with van der Waals surface area (Å²) in [5.74, 6) is -1.04. The Balaban J connectivity index is 1.98. The molecule has 0 unspecified atom stereocenters. The number of sulfonamides is 1. The monoisotopic (exact) mass is 400 g/mol. The maximum absolute atomic E-state index is 12.8. The van der Waals surface area contributed by atoms with Crippen molar-refractivity contribution >= 4 is 37.5 Å². The number of hydrogen-bond donors (Lipinski definition) is 2. The lowest BCUT2D eigenvalue weighted by molar-refractivity contribution is -0.115. The molecule has 0 saturated heterocycles. The van der Waals surface area contributed by atoms with Crippen molar-refractivity contribution in [3.8, 4) is 0 Å². The first-order chi connectivity index (χ1) is 10.8. The standard InChI is InChI=1S/C15H14BrFN2O3S/c1-10-8-12(4-7-14(10)16)19-15(20)9-18-23(21,22)13-5-2-11(17)3-6-13/h2-8,18H,9H2,1H3,(H,19,20). The summed E-state index contributed by atoms with van der Waals surface area (Å²) >= 11 is 3.35. The van der Waals surface area contributed by atoms with E-state index in [1.807, 2.05) is 6.92 Å². The Morgan fingerprint density at radius 2 is 1.83 bits per heavy atom. The number of carbonyl (C=O) groups excluding carboxylic acids is 1. The van der Waals surface area contributed by atoms with Crippen molar-refractivity contribution in [2.45, 2.75) is 11.8 Å². The lowest BCUT2D eigenvalue weighted by atomic mass is 10.2. The molecule has 1 amide bonds. The summed E-state index contributed by atoms with van der Waals surface area (Å²) in [7, 11) is -3.86. The van der Waals surface area contributed by atoms with Gasteiger partial charge < -0.3 is 5.32 Å². The molecule has 23 heavy (non-hydrogen) atoms. The zero-order valence-corrected chi connectivity index (χ0v) is 14.5. The summed E-state index contributed by atoms with van der Waals surface area (Å²) in [5.41, 5.74) is 1.51. The molecule has 2 N–H and O–H groups in total. The molecule has 0 aromatic heterocycles. The van der Waals surface area contributed by atoms with Crippen molar-refractivity contribution in [1.82, 2.24) is 4.72 Å². The summed E-state index contributed by atoms with van der Waals surface area (Å²) < 4.78 is 39.8. The molecular formula is C15H14BrFN2O3S. The van der Waals surface area contributed by atoms with Gasteiger partial charge in [-0.15, -0.1) is 0 Å². The second kappa shape index (κ2) is 7.20. The van der Waals surface area contributed by atoms with Crippen LogP contribution in [-0.2, 0) is 14.8 Å². The highest BCUT2D eigenvalue weighted by Crippen LogP contribution is 2.19. The molecule has 0 atom stereocenters. The van der Waals surface area contributed by atoms with Crippen LogP contribution in [0.2, 0.25) is 0 Å². The summed E-state index contributed by atoms with van der Waals surface area (Å²) in [6.07, 6.45) is 0. The highest BCUT2D eigenvalue weighted by molar-refractivity contribution is 9.10. The molecule has 2 aromatic carbocycles. The van der Waals surface area contributed by atoms with E-state index in [1.165, 1.54) is 0 Å². The van der Waals surface area contributed by atoms with E-state index in [4.69, 9.17) is 0 Å². The zero-order chi connectivity index (χ0) is 17.0. The van der Waals surface area contributed by atoms with Gasteiger partial charge in [-0.25, -0.2) is 17.5 Å². The van der Waals surface area contributed by atoms with Crippen LogP contribution < -0.4 is 10.0 Å². The quantitative estimate of drug-likeness (QED) is 0.809. The fourth-order valence-corrected chi connectivity index (χ4v) is 3.01. The molecule has 0 heterocycles. The predicted molar refractivity (Wildman–Crippen MR) is 89.1 cm³/mol. The average molecular weight is 401 g/mol. The maximum Gasteiger partial charge on any atom is 0.241 e. The lowest BCUT2D eigenvalue weighted by Gasteiger charge is -2.09. The molecule has 0 aliphatic carbocycles. The van der Waals surface area contributed by atoms with E-state index < -0.39 is 28.3 Å². The number of anilines is 1.